The molecule has 3 heterocycles. The molecule has 2 aromatic rings. The van der Waals surface area contributed by atoms with Crippen molar-refractivity contribution < 1.29 is 13.2 Å². The molecule has 2 saturated heterocycles. The summed E-state index contributed by atoms with van der Waals surface area (Å²) in [6, 6.07) is 5.02. The molecule has 0 bridgehead atoms. The number of rotatable bonds is 7. The first-order chi connectivity index (χ1) is 14.9. The molecule has 1 aromatic heterocycles. The first kappa shape index (κ1) is 22.6. The van der Waals surface area contributed by atoms with E-state index in [4.69, 9.17) is 0 Å². The van der Waals surface area contributed by atoms with E-state index in [1.54, 1.807) is 18.2 Å². The van der Waals surface area contributed by atoms with Gasteiger partial charge in [0.2, 0.25) is 15.9 Å². The molecule has 31 heavy (non-hydrogen) atoms. The highest BCUT2D eigenvalue weighted by molar-refractivity contribution is 7.89. The summed E-state index contributed by atoms with van der Waals surface area (Å²) < 4.78 is 36.2. The van der Waals surface area contributed by atoms with E-state index < -0.39 is 10.0 Å². The van der Waals surface area contributed by atoms with Crippen molar-refractivity contribution in [3.63, 3.8) is 0 Å². The topological polar surface area (TPSA) is 95.5 Å². The number of hydrogen-bond donors (Lipinski definition) is 1. The fourth-order valence-corrected chi connectivity index (χ4v) is 6.72. The van der Waals surface area contributed by atoms with E-state index in [1.165, 1.54) is 17.1 Å². The molecule has 10 heteroatoms. The molecule has 0 unspecified atom stereocenters. The normalized spacial score (nSPS) is 22.0. The van der Waals surface area contributed by atoms with Crippen LogP contribution in [0.15, 0.2) is 23.1 Å². The van der Waals surface area contributed by atoms with E-state index in [0.29, 0.717) is 37.0 Å². The summed E-state index contributed by atoms with van der Waals surface area (Å²) in [5, 5.41) is 3.03. The second-order valence-electron chi connectivity index (χ2n) is 8.76. The molecule has 1 atom stereocenters. The van der Waals surface area contributed by atoms with E-state index in [1.807, 2.05) is 0 Å². The lowest BCUT2D eigenvalue weighted by atomic mass is 9.98. The number of likely N-dealkylation sites (tertiary alicyclic amines) is 1. The number of hydrogen-bond acceptors (Lipinski definition) is 7. The Kier molecular flexibility index (Phi) is 7.20. The van der Waals surface area contributed by atoms with Gasteiger partial charge >= 0.3 is 0 Å². The molecule has 0 radical (unpaired) electrons. The Labute approximate surface area is 188 Å². The second-order valence-corrected chi connectivity index (χ2v) is 11.2. The molecule has 170 valence electrons. The number of carbonyl (C=O) groups excluding carboxylic acids is 1. The summed E-state index contributed by atoms with van der Waals surface area (Å²) in [5.41, 5.74) is 0.992. The fourth-order valence-electron chi connectivity index (χ4n) is 4.45. The largest absolute Gasteiger partial charge is 0.356 e. The van der Waals surface area contributed by atoms with Crippen molar-refractivity contribution in [2.24, 2.45) is 11.8 Å². The van der Waals surface area contributed by atoms with Gasteiger partial charge in [0.1, 0.15) is 15.9 Å². The Hall–Kier alpha value is -1.62. The van der Waals surface area contributed by atoms with E-state index in [-0.39, 0.29) is 23.3 Å². The maximum atomic E-state index is 13.3. The predicted octanol–water partition coefficient (Wildman–Crippen LogP) is 2.33. The molecular weight excluding hydrogens is 434 g/mol. The second kappa shape index (κ2) is 9.89. The quantitative estimate of drug-likeness (QED) is 0.631. The van der Waals surface area contributed by atoms with E-state index in [2.05, 4.69) is 25.9 Å². The number of fused-ring (bicyclic) bond motifs is 1. The van der Waals surface area contributed by atoms with Gasteiger partial charge in [-0.25, -0.2) is 8.42 Å². The van der Waals surface area contributed by atoms with E-state index in [9.17, 15) is 13.2 Å². The van der Waals surface area contributed by atoms with Crippen LogP contribution in [0.2, 0.25) is 0 Å². The Bertz CT molecular complexity index is 1000. The first-order valence-electron chi connectivity index (χ1n) is 11.2. The van der Waals surface area contributed by atoms with Crippen molar-refractivity contribution in [3.8, 4) is 0 Å². The highest BCUT2D eigenvalue weighted by Gasteiger charge is 2.34. The minimum Gasteiger partial charge on any atom is -0.356 e. The average Bonchev–Trinajstić information content (AvgIpc) is 3.27. The van der Waals surface area contributed by atoms with Gasteiger partial charge in [0.15, 0.2) is 0 Å². The van der Waals surface area contributed by atoms with Crippen molar-refractivity contribution in [2.45, 2.75) is 43.9 Å². The van der Waals surface area contributed by atoms with Gasteiger partial charge in [-0.3, -0.25) is 4.79 Å². The predicted molar refractivity (Wildman–Crippen MR) is 121 cm³/mol. The number of sulfonamides is 1. The number of aromatic nitrogens is 2. The molecule has 1 aromatic carbocycles. The van der Waals surface area contributed by atoms with Crippen LogP contribution in [0.4, 0.5) is 0 Å². The number of nitrogens with zero attached hydrogens (tertiary/aromatic N) is 4. The number of amides is 1. The monoisotopic (exact) mass is 465 g/mol. The SMILES string of the molecule is CC1CCN(CCCNC(=O)[C@H]2CCCN(S(=O)(=O)c3cccc4nsnc34)C2)CC1. The standard InChI is InChI=1S/C21H31N5O3S2/c1-16-8-13-25(14-9-16)11-4-10-22-21(27)17-5-3-12-26(15-17)31(28,29)19-7-2-6-18-20(19)24-30-23-18/h2,6-7,16-17H,3-5,8-15H2,1H3,(H,22,27)/t17-/m0/s1. The molecule has 2 aliphatic heterocycles. The van der Waals surface area contributed by atoms with Gasteiger partial charge in [-0.05, 0) is 69.8 Å². The maximum absolute atomic E-state index is 13.3. The van der Waals surface area contributed by atoms with E-state index in [0.717, 1.165) is 43.7 Å². The van der Waals surface area contributed by atoms with Crippen molar-refractivity contribution >= 4 is 38.7 Å². The number of nitrogens with one attached hydrogen (secondary N) is 1. The van der Waals surface area contributed by atoms with Crippen LogP contribution in [0, 0.1) is 11.8 Å². The molecule has 2 aliphatic rings. The van der Waals surface area contributed by atoms with Crippen molar-refractivity contribution in [3.05, 3.63) is 18.2 Å². The zero-order valence-electron chi connectivity index (χ0n) is 18.0. The lowest BCUT2D eigenvalue weighted by Crippen LogP contribution is -2.45. The molecule has 4 rings (SSSR count). The molecule has 8 nitrogen and oxygen atoms in total. The smallest absolute Gasteiger partial charge is 0.245 e. The van der Waals surface area contributed by atoms with Crippen LogP contribution in [0.3, 0.4) is 0 Å². The summed E-state index contributed by atoms with van der Waals surface area (Å²) in [4.78, 5) is 15.3. The van der Waals surface area contributed by atoms with Gasteiger partial charge in [-0.2, -0.15) is 13.1 Å². The van der Waals surface area contributed by atoms with Gasteiger partial charge in [0, 0.05) is 19.6 Å². The summed E-state index contributed by atoms with van der Waals surface area (Å²) in [7, 11) is -3.72. The molecule has 0 aliphatic carbocycles. The highest BCUT2D eigenvalue weighted by Crippen LogP contribution is 2.28. The summed E-state index contributed by atoms with van der Waals surface area (Å²) in [5.74, 6) is 0.466. The van der Waals surface area contributed by atoms with Crippen LogP contribution in [0.1, 0.15) is 39.0 Å². The molecule has 0 spiro atoms. The van der Waals surface area contributed by atoms with Crippen LogP contribution in [0.25, 0.3) is 11.0 Å². The lowest BCUT2D eigenvalue weighted by Gasteiger charge is -2.31. The van der Waals surface area contributed by atoms with Gasteiger partial charge in [-0.15, -0.1) is 0 Å². The van der Waals surface area contributed by atoms with E-state index >= 15 is 0 Å². The van der Waals surface area contributed by atoms with Crippen molar-refractivity contribution in [2.75, 3.05) is 39.3 Å². The van der Waals surface area contributed by atoms with Crippen LogP contribution < -0.4 is 5.32 Å². The third-order valence-electron chi connectivity index (χ3n) is 6.45. The first-order valence-corrected chi connectivity index (χ1v) is 13.3. The molecule has 0 saturated carbocycles. The zero-order valence-corrected chi connectivity index (χ0v) is 19.6. The minimum absolute atomic E-state index is 0.0410. The highest BCUT2D eigenvalue weighted by atomic mass is 32.2. The van der Waals surface area contributed by atoms with Gasteiger partial charge in [-0.1, -0.05) is 13.0 Å². The zero-order chi connectivity index (χ0) is 21.8. The summed E-state index contributed by atoms with van der Waals surface area (Å²) in [6.07, 6.45) is 4.82. The van der Waals surface area contributed by atoms with Crippen molar-refractivity contribution in [1.82, 2.24) is 23.3 Å². The Morgan fingerprint density at radius 1 is 1.19 bits per heavy atom. The summed E-state index contributed by atoms with van der Waals surface area (Å²) >= 11 is 1.01. The number of carbonyl (C=O) groups is 1. The number of piperidine rings is 2. The van der Waals surface area contributed by atoms with Crippen LogP contribution in [-0.2, 0) is 14.8 Å². The number of benzene rings is 1. The minimum atomic E-state index is -3.72. The Morgan fingerprint density at radius 2 is 2.00 bits per heavy atom. The van der Waals surface area contributed by atoms with Crippen LogP contribution in [0.5, 0.6) is 0 Å². The van der Waals surface area contributed by atoms with Crippen LogP contribution >= 0.6 is 11.7 Å². The third kappa shape index (κ3) is 5.24. The Balaban J connectivity index is 1.30. The third-order valence-corrected chi connectivity index (χ3v) is 8.89. The maximum Gasteiger partial charge on any atom is 0.245 e. The molecular formula is C21H31N5O3S2. The molecule has 2 fully saturated rings. The van der Waals surface area contributed by atoms with Gasteiger partial charge in [0.25, 0.3) is 0 Å². The van der Waals surface area contributed by atoms with Gasteiger partial charge < -0.3 is 10.2 Å². The lowest BCUT2D eigenvalue weighted by molar-refractivity contribution is -0.126. The fraction of sp³-hybridized carbons (Fsp3) is 0.667. The molecule has 1 N–H and O–H groups in total. The van der Waals surface area contributed by atoms with Crippen molar-refractivity contribution in [1.29, 1.82) is 0 Å². The van der Waals surface area contributed by atoms with Gasteiger partial charge in [0.05, 0.1) is 17.6 Å². The average molecular weight is 466 g/mol. The Morgan fingerprint density at radius 3 is 2.81 bits per heavy atom. The summed E-state index contributed by atoms with van der Waals surface area (Å²) in [6.45, 7) is 6.87. The molecule has 1 amide bonds. The van der Waals surface area contributed by atoms with Crippen LogP contribution in [-0.4, -0.2) is 71.5 Å².